The van der Waals surface area contributed by atoms with Gasteiger partial charge in [0.2, 0.25) is 0 Å². The zero-order chi connectivity index (χ0) is 21.3. The Morgan fingerprint density at radius 1 is 1.03 bits per heavy atom. The van der Waals surface area contributed by atoms with Crippen molar-refractivity contribution in [1.82, 2.24) is 15.2 Å². The van der Waals surface area contributed by atoms with E-state index in [1.54, 1.807) is 24.7 Å². The number of alkyl halides is 3. The fraction of sp³-hybridized carbons (Fsp3) is 0.0952. The van der Waals surface area contributed by atoms with E-state index in [2.05, 4.69) is 25.8 Å². The summed E-state index contributed by atoms with van der Waals surface area (Å²) in [7, 11) is 0. The molecule has 0 spiro atoms. The first-order valence-corrected chi connectivity index (χ1v) is 8.94. The maximum atomic E-state index is 12.8. The number of carbonyl (C=O) groups is 1. The van der Waals surface area contributed by atoms with Gasteiger partial charge in [0.05, 0.1) is 23.5 Å². The van der Waals surface area contributed by atoms with Gasteiger partial charge >= 0.3 is 12.2 Å². The summed E-state index contributed by atoms with van der Waals surface area (Å²) in [6.45, 7) is 1.83. The highest BCUT2D eigenvalue weighted by molar-refractivity contribution is 6.01. The van der Waals surface area contributed by atoms with Gasteiger partial charge in [-0.1, -0.05) is 12.1 Å². The van der Waals surface area contributed by atoms with Crippen molar-refractivity contribution in [2.24, 2.45) is 0 Å². The van der Waals surface area contributed by atoms with Crippen LogP contribution in [0.1, 0.15) is 11.1 Å². The molecule has 0 atom stereocenters. The number of nitrogens with zero attached hydrogens (tertiary/aromatic N) is 2. The molecule has 0 aliphatic rings. The topological polar surface area (TPSA) is 82.7 Å². The number of aromatic amines is 1. The van der Waals surface area contributed by atoms with Crippen LogP contribution in [-0.2, 0) is 6.18 Å². The summed E-state index contributed by atoms with van der Waals surface area (Å²) in [5, 5.41) is 12.9. The van der Waals surface area contributed by atoms with Gasteiger partial charge in [-0.3, -0.25) is 10.1 Å². The first-order valence-electron chi connectivity index (χ1n) is 8.94. The van der Waals surface area contributed by atoms with Crippen LogP contribution in [0.2, 0.25) is 0 Å². The Hall–Kier alpha value is -3.88. The summed E-state index contributed by atoms with van der Waals surface area (Å²) in [6, 6.07) is 9.28. The van der Waals surface area contributed by atoms with Gasteiger partial charge in [-0.25, -0.2) is 4.79 Å². The van der Waals surface area contributed by atoms with E-state index in [1.165, 1.54) is 12.1 Å². The number of fused-ring (bicyclic) bond motifs is 1. The SMILES string of the molecule is Cc1cc(-c2cncc3[nH]ncc23)ccc1NC(=O)Nc1cccc(C(F)(F)F)c1. The number of carbonyl (C=O) groups excluding carboxylic acids is 1. The van der Waals surface area contributed by atoms with E-state index in [4.69, 9.17) is 0 Å². The Morgan fingerprint density at radius 3 is 2.63 bits per heavy atom. The van der Waals surface area contributed by atoms with Crippen LogP contribution in [0, 0.1) is 6.92 Å². The van der Waals surface area contributed by atoms with Crippen molar-refractivity contribution < 1.29 is 18.0 Å². The number of aromatic nitrogens is 3. The van der Waals surface area contributed by atoms with Crippen LogP contribution in [0.5, 0.6) is 0 Å². The third-order valence-corrected chi connectivity index (χ3v) is 4.60. The molecular weight excluding hydrogens is 395 g/mol. The van der Waals surface area contributed by atoms with E-state index in [-0.39, 0.29) is 5.69 Å². The molecular formula is C21H16F3N5O. The Morgan fingerprint density at radius 2 is 1.87 bits per heavy atom. The molecule has 30 heavy (non-hydrogen) atoms. The van der Waals surface area contributed by atoms with Crippen molar-refractivity contribution >= 4 is 28.3 Å². The van der Waals surface area contributed by atoms with Crippen molar-refractivity contribution in [3.8, 4) is 11.1 Å². The molecule has 0 fully saturated rings. The van der Waals surface area contributed by atoms with Crippen molar-refractivity contribution in [2.45, 2.75) is 13.1 Å². The molecule has 0 radical (unpaired) electrons. The van der Waals surface area contributed by atoms with Gasteiger partial charge in [-0.2, -0.15) is 18.3 Å². The highest BCUT2D eigenvalue weighted by Crippen LogP contribution is 2.31. The zero-order valence-electron chi connectivity index (χ0n) is 15.7. The molecule has 0 aliphatic carbocycles. The number of benzene rings is 2. The number of halogens is 3. The first kappa shape index (κ1) is 19.4. The smallest absolute Gasteiger partial charge is 0.308 e. The number of anilines is 2. The van der Waals surface area contributed by atoms with Gasteiger partial charge in [0, 0.05) is 28.5 Å². The minimum absolute atomic E-state index is 0.0503. The van der Waals surface area contributed by atoms with Gasteiger partial charge in [-0.05, 0) is 48.4 Å². The van der Waals surface area contributed by atoms with Gasteiger partial charge in [0.25, 0.3) is 0 Å². The van der Waals surface area contributed by atoms with E-state index in [0.29, 0.717) is 5.69 Å². The highest BCUT2D eigenvalue weighted by Gasteiger charge is 2.30. The number of nitrogens with one attached hydrogen (secondary N) is 3. The lowest BCUT2D eigenvalue weighted by Crippen LogP contribution is -2.20. The monoisotopic (exact) mass is 411 g/mol. The van der Waals surface area contributed by atoms with Crippen LogP contribution in [0.15, 0.2) is 61.1 Å². The van der Waals surface area contributed by atoms with Gasteiger partial charge in [-0.15, -0.1) is 0 Å². The molecule has 4 rings (SSSR count). The molecule has 2 heterocycles. The van der Waals surface area contributed by atoms with Crippen LogP contribution in [-0.4, -0.2) is 21.2 Å². The summed E-state index contributed by atoms with van der Waals surface area (Å²) in [6.07, 6.45) is 0.663. The standard InChI is InChI=1S/C21H16F3N5O/c1-12-7-13(16-9-25-11-19-17(16)10-26-29-19)5-6-18(12)28-20(30)27-15-4-2-3-14(8-15)21(22,23)24/h2-11H,1H3,(H,26,29)(H2,27,28,30). The lowest BCUT2D eigenvalue weighted by Gasteiger charge is -2.13. The number of hydrogen-bond donors (Lipinski definition) is 3. The highest BCUT2D eigenvalue weighted by atomic mass is 19.4. The molecule has 3 N–H and O–H groups in total. The summed E-state index contributed by atoms with van der Waals surface area (Å²) in [5.41, 5.74) is 3.15. The Kier molecular flexibility index (Phi) is 4.86. The number of pyridine rings is 1. The molecule has 0 bridgehead atoms. The molecule has 4 aromatic rings. The molecule has 0 aliphatic heterocycles. The molecule has 2 aromatic carbocycles. The van der Waals surface area contributed by atoms with Crippen LogP contribution in [0.25, 0.3) is 22.0 Å². The summed E-state index contributed by atoms with van der Waals surface area (Å²) >= 11 is 0. The fourth-order valence-corrected chi connectivity index (χ4v) is 3.12. The Bertz CT molecular complexity index is 1230. The Labute approximate surface area is 169 Å². The van der Waals surface area contributed by atoms with Crippen LogP contribution in [0.3, 0.4) is 0 Å². The fourth-order valence-electron chi connectivity index (χ4n) is 3.12. The minimum atomic E-state index is -4.48. The van der Waals surface area contributed by atoms with Crippen LogP contribution < -0.4 is 10.6 Å². The van der Waals surface area contributed by atoms with Gasteiger partial charge in [0.1, 0.15) is 0 Å². The molecule has 6 nitrogen and oxygen atoms in total. The minimum Gasteiger partial charge on any atom is -0.308 e. The van der Waals surface area contributed by atoms with E-state index in [0.717, 1.165) is 39.7 Å². The second-order valence-corrected chi connectivity index (χ2v) is 6.71. The molecule has 0 saturated heterocycles. The van der Waals surface area contributed by atoms with Crippen molar-refractivity contribution in [3.05, 3.63) is 72.2 Å². The molecule has 0 unspecified atom stereocenters. The van der Waals surface area contributed by atoms with E-state index in [9.17, 15) is 18.0 Å². The maximum absolute atomic E-state index is 12.8. The van der Waals surface area contributed by atoms with E-state index in [1.807, 2.05) is 19.1 Å². The molecule has 152 valence electrons. The predicted octanol–water partition coefficient (Wildman–Crippen LogP) is 5.60. The molecule has 2 amide bonds. The average molecular weight is 411 g/mol. The largest absolute Gasteiger partial charge is 0.416 e. The number of aryl methyl sites for hydroxylation is 1. The maximum Gasteiger partial charge on any atom is 0.416 e. The van der Waals surface area contributed by atoms with Crippen molar-refractivity contribution in [2.75, 3.05) is 10.6 Å². The Balaban J connectivity index is 1.52. The number of urea groups is 1. The lowest BCUT2D eigenvalue weighted by molar-refractivity contribution is -0.137. The van der Waals surface area contributed by atoms with Gasteiger partial charge < -0.3 is 10.6 Å². The van der Waals surface area contributed by atoms with E-state index < -0.39 is 17.8 Å². The zero-order valence-corrected chi connectivity index (χ0v) is 15.7. The number of H-pyrrole nitrogens is 1. The second-order valence-electron chi connectivity index (χ2n) is 6.71. The van der Waals surface area contributed by atoms with Crippen molar-refractivity contribution in [3.63, 3.8) is 0 Å². The molecule has 9 heteroatoms. The normalized spacial score (nSPS) is 11.5. The lowest BCUT2D eigenvalue weighted by atomic mass is 10.0. The van der Waals surface area contributed by atoms with Crippen molar-refractivity contribution in [1.29, 1.82) is 0 Å². The molecule has 2 aromatic heterocycles. The molecule has 0 saturated carbocycles. The number of rotatable bonds is 3. The first-order chi connectivity index (χ1) is 14.3. The third kappa shape index (κ3) is 3.95. The van der Waals surface area contributed by atoms with Gasteiger partial charge in [0.15, 0.2) is 0 Å². The predicted molar refractivity (Wildman–Crippen MR) is 108 cm³/mol. The van der Waals surface area contributed by atoms with Crippen LogP contribution in [0.4, 0.5) is 29.3 Å². The summed E-state index contributed by atoms with van der Waals surface area (Å²) in [4.78, 5) is 16.5. The average Bonchev–Trinajstić information content (AvgIpc) is 3.18. The van der Waals surface area contributed by atoms with Crippen LogP contribution >= 0.6 is 0 Å². The quantitative estimate of drug-likeness (QED) is 0.411. The summed E-state index contributed by atoms with van der Waals surface area (Å²) < 4.78 is 38.5. The summed E-state index contributed by atoms with van der Waals surface area (Å²) in [5.74, 6) is 0. The number of hydrogen-bond acceptors (Lipinski definition) is 3. The third-order valence-electron chi connectivity index (χ3n) is 4.60. The number of amides is 2. The second kappa shape index (κ2) is 7.51. The van der Waals surface area contributed by atoms with E-state index >= 15 is 0 Å².